The lowest BCUT2D eigenvalue weighted by molar-refractivity contribution is 0.0745. The molecule has 28 heavy (non-hydrogen) atoms. The van der Waals surface area contributed by atoms with Gasteiger partial charge in [-0.15, -0.1) is 11.3 Å². The number of aryl methyl sites for hydroxylation is 2. The van der Waals surface area contributed by atoms with Crippen molar-refractivity contribution in [3.05, 3.63) is 75.2 Å². The highest BCUT2D eigenvalue weighted by Gasteiger charge is 2.26. The van der Waals surface area contributed by atoms with Crippen molar-refractivity contribution >= 4 is 23.2 Å². The Morgan fingerprint density at radius 1 is 1.21 bits per heavy atom. The molecule has 4 rings (SSSR count). The second-order valence-corrected chi connectivity index (χ2v) is 8.00. The summed E-state index contributed by atoms with van der Waals surface area (Å²) in [7, 11) is 0. The number of thiophene rings is 1. The van der Waals surface area contributed by atoms with E-state index in [1.165, 1.54) is 5.56 Å². The van der Waals surface area contributed by atoms with Crippen LogP contribution < -0.4 is 5.32 Å². The van der Waals surface area contributed by atoms with Crippen molar-refractivity contribution in [1.82, 2.24) is 20.0 Å². The minimum Gasteiger partial charge on any atom is -0.346 e. The lowest BCUT2D eigenvalue weighted by Crippen LogP contribution is -2.30. The van der Waals surface area contributed by atoms with E-state index < -0.39 is 0 Å². The number of nitrogens with zero attached hydrogens (tertiary/aromatic N) is 3. The molecule has 0 atom stereocenters. The molecule has 3 aromatic rings. The van der Waals surface area contributed by atoms with Crippen molar-refractivity contribution in [3.8, 4) is 0 Å². The SMILES string of the molecule is Cc1ccc(CN2CCCn3nc(C(=O)NCc4cccs4)cc3C2=O)cc1. The number of rotatable bonds is 5. The molecular formula is C21H22N4O2S. The van der Waals surface area contributed by atoms with E-state index in [0.717, 1.165) is 16.9 Å². The second-order valence-electron chi connectivity index (χ2n) is 6.97. The van der Waals surface area contributed by atoms with Gasteiger partial charge < -0.3 is 10.2 Å². The first-order valence-electron chi connectivity index (χ1n) is 9.33. The first-order valence-corrected chi connectivity index (χ1v) is 10.2. The normalized spacial score (nSPS) is 13.9. The molecule has 0 saturated heterocycles. The summed E-state index contributed by atoms with van der Waals surface area (Å²) in [5, 5.41) is 9.22. The van der Waals surface area contributed by atoms with E-state index in [1.807, 2.05) is 41.5 Å². The van der Waals surface area contributed by atoms with Crippen molar-refractivity contribution in [2.45, 2.75) is 33.0 Å². The summed E-state index contributed by atoms with van der Waals surface area (Å²) in [6.45, 7) is 4.38. The average Bonchev–Trinajstić information content (AvgIpc) is 3.34. The maximum atomic E-state index is 13.0. The highest BCUT2D eigenvalue weighted by atomic mass is 32.1. The maximum absolute atomic E-state index is 13.0. The van der Waals surface area contributed by atoms with Crippen LogP contribution in [0, 0.1) is 6.92 Å². The van der Waals surface area contributed by atoms with Gasteiger partial charge in [-0.1, -0.05) is 35.9 Å². The molecule has 3 heterocycles. The first-order chi connectivity index (χ1) is 13.6. The molecule has 0 saturated carbocycles. The number of benzene rings is 1. The minimum absolute atomic E-state index is 0.0807. The minimum atomic E-state index is -0.258. The smallest absolute Gasteiger partial charge is 0.272 e. The van der Waals surface area contributed by atoms with Crippen molar-refractivity contribution in [2.24, 2.45) is 0 Å². The van der Waals surface area contributed by atoms with E-state index in [4.69, 9.17) is 0 Å². The molecule has 1 aliphatic rings. The van der Waals surface area contributed by atoms with Gasteiger partial charge in [0.1, 0.15) is 5.69 Å². The molecule has 0 radical (unpaired) electrons. The second kappa shape index (κ2) is 7.98. The molecular weight excluding hydrogens is 372 g/mol. The molecule has 0 aliphatic carbocycles. The summed E-state index contributed by atoms with van der Waals surface area (Å²) in [4.78, 5) is 28.4. The zero-order valence-corrected chi connectivity index (χ0v) is 16.5. The molecule has 144 valence electrons. The number of carbonyl (C=O) groups is 2. The quantitative estimate of drug-likeness (QED) is 0.722. The third-order valence-corrected chi connectivity index (χ3v) is 5.69. The van der Waals surface area contributed by atoms with Gasteiger partial charge in [0, 0.05) is 30.6 Å². The lowest BCUT2D eigenvalue weighted by atomic mass is 10.1. The number of hydrogen-bond acceptors (Lipinski definition) is 4. The largest absolute Gasteiger partial charge is 0.346 e. The maximum Gasteiger partial charge on any atom is 0.272 e. The number of aromatic nitrogens is 2. The highest BCUT2D eigenvalue weighted by Crippen LogP contribution is 2.17. The molecule has 0 unspecified atom stereocenters. The number of fused-ring (bicyclic) bond motifs is 1. The summed E-state index contributed by atoms with van der Waals surface area (Å²) >= 11 is 1.59. The van der Waals surface area contributed by atoms with Gasteiger partial charge in [-0.2, -0.15) is 5.10 Å². The molecule has 0 bridgehead atoms. The molecule has 7 heteroatoms. The van der Waals surface area contributed by atoms with E-state index >= 15 is 0 Å². The van der Waals surface area contributed by atoms with Gasteiger partial charge in [-0.3, -0.25) is 14.3 Å². The lowest BCUT2D eigenvalue weighted by Gasteiger charge is -2.20. The van der Waals surface area contributed by atoms with Crippen molar-refractivity contribution in [2.75, 3.05) is 6.54 Å². The summed E-state index contributed by atoms with van der Waals surface area (Å²) in [6.07, 6.45) is 0.808. The summed E-state index contributed by atoms with van der Waals surface area (Å²) in [6, 6.07) is 13.7. The zero-order chi connectivity index (χ0) is 19.5. The zero-order valence-electron chi connectivity index (χ0n) is 15.7. The van der Waals surface area contributed by atoms with Crippen LogP contribution in [0.3, 0.4) is 0 Å². The van der Waals surface area contributed by atoms with Gasteiger partial charge in [-0.25, -0.2) is 0 Å². The van der Waals surface area contributed by atoms with Crippen LogP contribution in [-0.2, 0) is 19.6 Å². The Balaban J connectivity index is 1.48. The molecule has 1 aromatic carbocycles. The fourth-order valence-electron chi connectivity index (χ4n) is 3.28. The van der Waals surface area contributed by atoms with Gasteiger partial charge in [0.15, 0.2) is 5.69 Å². The van der Waals surface area contributed by atoms with E-state index in [-0.39, 0.29) is 17.5 Å². The van der Waals surface area contributed by atoms with Gasteiger partial charge in [0.25, 0.3) is 11.8 Å². The predicted molar refractivity (Wildman–Crippen MR) is 108 cm³/mol. The van der Waals surface area contributed by atoms with Gasteiger partial charge >= 0.3 is 0 Å². The summed E-state index contributed by atoms with van der Waals surface area (Å²) in [5.74, 6) is -0.338. The molecule has 6 nitrogen and oxygen atoms in total. The van der Waals surface area contributed by atoms with Crippen LogP contribution in [0.5, 0.6) is 0 Å². The number of carbonyl (C=O) groups excluding carboxylic acids is 2. The van der Waals surface area contributed by atoms with E-state index in [2.05, 4.69) is 22.5 Å². The molecule has 0 spiro atoms. The van der Waals surface area contributed by atoms with Crippen molar-refractivity contribution in [3.63, 3.8) is 0 Å². The third kappa shape index (κ3) is 3.99. The molecule has 2 aromatic heterocycles. The average molecular weight is 395 g/mol. The van der Waals surface area contributed by atoms with Crippen LogP contribution in [0.25, 0.3) is 0 Å². The highest BCUT2D eigenvalue weighted by molar-refractivity contribution is 7.09. The molecule has 1 N–H and O–H groups in total. The van der Waals surface area contributed by atoms with Crippen LogP contribution in [0.1, 0.15) is 43.4 Å². The van der Waals surface area contributed by atoms with Crippen molar-refractivity contribution in [1.29, 1.82) is 0 Å². The van der Waals surface area contributed by atoms with Crippen LogP contribution in [0.15, 0.2) is 47.8 Å². The Kier molecular flexibility index (Phi) is 5.25. The van der Waals surface area contributed by atoms with Gasteiger partial charge in [-0.05, 0) is 30.4 Å². The summed E-state index contributed by atoms with van der Waals surface area (Å²) in [5.41, 5.74) is 3.06. The van der Waals surface area contributed by atoms with E-state index in [1.54, 1.807) is 22.1 Å². The van der Waals surface area contributed by atoms with Crippen LogP contribution in [0.2, 0.25) is 0 Å². The number of nitrogens with one attached hydrogen (secondary N) is 1. The van der Waals surface area contributed by atoms with Gasteiger partial charge in [0.05, 0.1) is 6.54 Å². The molecule has 1 aliphatic heterocycles. The van der Waals surface area contributed by atoms with E-state index in [9.17, 15) is 9.59 Å². The Morgan fingerprint density at radius 3 is 2.79 bits per heavy atom. The predicted octanol–water partition coefficient (Wildman–Crippen LogP) is 3.23. The fraction of sp³-hybridized carbons (Fsp3) is 0.286. The number of amides is 2. The molecule has 0 fully saturated rings. The van der Waals surface area contributed by atoms with Crippen LogP contribution in [0.4, 0.5) is 0 Å². The standard InChI is InChI=1S/C21H22N4O2S/c1-15-5-7-16(8-6-15)14-24-9-3-10-25-19(21(24)27)12-18(23-25)20(26)22-13-17-4-2-11-28-17/h2,4-8,11-12H,3,9-10,13-14H2,1H3,(H,22,26). The van der Waals surface area contributed by atoms with Crippen LogP contribution in [-0.4, -0.2) is 33.0 Å². The number of hydrogen-bond donors (Lipinski definition) is 1. The monoisotopic (exact) mass is 394 g/mol. The van der Waals surface area contributed by atoms with Gasteiger partial charge in [0.2, 0.25) is 0 Å². The first kappa shape index (κ1) is 18.4. The Morgan fingerprint density at radius 2 is 2.04 bits per heavy atom. The topological polar surface area (TPSA) is 67.2 Å². The fourth-order valence-corrected chi connectivity index (χ4v) is 3.93. The van der Waals surface area contributed by atoms with E-state index in [0.29, 0.717) is 31.9 Å². The Hall–Kier alpha value is -2.93. The Labute approximate surface area is 167 Å². The summed E-state index contributed by atoms with van der Waals surface area (Å²) < 4.78 is 1.66. The molecule has 2 amide bonds. The van der Waals surface area contributed by atoms with Crippen molar-refractivity contribution < 1.29 is 9.59 Å². The third-order valence-electron chi connectivity index (χ3n) is 4.81. The Bertz CT molecular complexity index is 977. The van der Waals surface area contributed by atoms with Crippen LogP contribution >= 0.6 is 11.3 Å².